The van der Waals surface area contributed by atoms with Gasteiger partial charge in [-0.1, -0.05) is 53.5 Å². The van der Waals surface area contributed by atoms with Crippen molar-refractivity contribution in [2.45, 2.75) is 13.2 Å². The third kappa shape index (κ3) is 5.16. The number of hydrogen-bond donors (Lipinski definition) is 1. The van der Waals surface area contributed by atoms with Gasteiger partial charge in [0.2, 0.25) is 0 Å². The molecular formula is C21H16Cl2O4. The van der Waals surface area contributed by atoms with Gasteiger partial charge in [0.05, 0.1) is 0 Å². The molecule has 0 aliphatic rings. The van der Waals surface area contributed by atoms with Crippen molar-refractivity contribution in [2.24, 2.45) is 0 Å². The van der Waals surface area contributed by atoms with Gasteiger partial charge in [0.25, 0.3) is 0 Å². The fourth-order valence-corrected chi connectivity index (χ4v) is 2.96. The minimum absolute atomic E-state index is 0.0263. The van der Waals surface area contributed by atoms with Gasteiger partial charge < -0.3 is 14.6 Å². The molecule has 0 spiro atoms. The van der Waals surface area contributed by atoms with E-state index in [1.54, 1.807) is 42.5 Å². The summed E-state index contributed by atoms with van der Waals surface area (Å²) in [5.74, 6) is -0.671. The van der Waals surface area contributed by atoms with Crippen LogP contribution in [0.3, 0.4) is 0 Å². The van der Waals surface area contributed by atoms with Crippen molar-refractivity contribution in [1.29, 1.82) is 0 Å². The van der Waals surface area contributed by atoms with Crippen molar-refractivity contribution >= 4 is 29.2 Å². The smallest absolute Gasteiger partial charge is 0.343 e. The number of rotatable bonds is 7. The summed E-state index contributed by atoms with van der Waals surface area (Å²) in [7, 11) is 0. The second kappa shape index (κ2) is 8.80. The van der Waals surface area contributed by atoms with Gasteiger partial charge in [0.15, 0.2) is 0 Å². The first-order valence-corrected chi connectivity index (χ1v) is 8.89. The molecule has 0 aliphatic carbocycles. The van der Waals surface area contributed by atoms with E-state index in [9.17, 15) is 9.90 Å². The molecule has 138 valence electrons. The summed E-state index contributed by atoms with van der Waals surface area (Å²) in [6.07, 6.45) is 0. The maximum absolute atomic E-state index is 11.8. The van der Waals surface area contributed by atoms with Crippen LogP contribution < -0.4 is 9.47 Å². The molecule has 3 rings (SSSR count). The van der Waals surface area contributed by atoms with Crippen LogP contribution in [0.2, 0.25) is 10.0 Å². The molecule has 0 aliphatic heterocycles. The van der Waals surface area contributed by atoms with Crippen LogP contribution in [-0.2, 0) is 13.2 Å². The Kier molecular flexibility index (Phi) is 6.22. The molecule has 0 radical (unpaired) electrons. The number of ether oxygens (including phenoxy) is 2. The molecule has 0 saturated heterocycles. The molecule has 27 heavy (non-hydrogen) atoms. The highest BCUT2D eigenvalue weighted by atomic mass is 35.5. The highest BCUT2D eigenvalue weighted by molar-refractivity contribution is 6.30. The minimum atomic E-state index is -1.13. The van der Waals surface area contributed by atoms with E-state index in [0.717, 1.165) is 11.1 Å². The Bertz CT molecular complexity index is 889. The number of carboxylic acid groups (broad SMARTS) is 1. The second-order valence-corrected chi connectivity index (χ2v) is 6.64. The Balaban J connectivity index is 1.78. The first-order valence-electron chi connectivity index (χ1n) is 8.14. The zero-order valence-electron chi connectivity index (χ0n) is 14.2. The van der Waals surface area contributed by atoms with Crippen molar-refractivity contribution in [3.05, 3.63) is 93.5 Å². The lowest BCUT2D eigenvalue weighted by atomic mass is 10.1. The molecule has 1 N–H and O–H groups in total. The van der Waals surface area contributed by atoms with Crippen molar-refractivity contribution in [3.8, 4) is 11.5 Å². The molecule has 0 bridgehead atoms. The van der Waals surface area contributed by atoms with Crippen molar-refractivity contribution in [2.75, 3.05) is 0 Å². The number of halogens is 2. The fraction of sp³-hybridized carbons (Fsp3) is 0.0952. The van der Waals surface area contributed by atoms with E-state index in [1.165, 1.54) is 0 Å². The number of hydrogen-bond acceptors (Lipinski definition) is 3. The summed E-state index contributed by atoms with van der Waals surface area (Å²) < 4.78 is 11.4. The molecule has 6 heteroatoms. The molecular weight excluding hydrogens is 387 g/mol. The van der Waals surface area contributed by atoms with E-state index in [2.05, 4.69) is 0 Å². The van der Waals surface area contributed by atoms with Crippen LogP contribution in [0.15, 0.2) is 66.7 Å². The molecule has 3 aromatic carbocycles. The first-order chi connectivity index (χ1) is 13.0. The number of carboxylic acids is 1. The van der Waals surface area contributed by atoms with E-state index in [0.29, 0.717) is 10.0 Å². The molecule has 0 heterocycles. The predicted octanol–water partition coefficient (Wildman–Crippen LogP) is 5.85. The van der Waals surface area contributed by atoms with Gasteiger partial charge in [-0.25, -0.2) is 4.79 Å². The lowest BCUT2D eigenvalue weighted by Crippen LogP contribution is -2.07. The van der Waals surface area contributed by atoms with E-state index < -0.39 is 5.97 Å². The van der Waals surface area contributed by atoms with Gasteiger partial charge in [-0.2, -0.15) is 0 Å². The Hall–Kier alpha value is -2.69. The molecule has 0 atom stereocenters. The Labute approximate surface area is 166 Å². The molecule has 0 unspecified atom stereocenters. The maximum atomic E-state index is 11.8. The van der Waals surface area contributed by atoms with Gasteiger partial charge in [-0.05, 0) is 47.5 Å². The highest BCUT2D eigenvalue weighted by Gasteiger charge is 2.18. The molecule has 0 saturated carbocycles. The van der Waals surface area contributed by atoms with Gasteiger partial charge >= 0.3 is 5.97 Å². The van der Waals surface area contributed by atoms with Gasteiger partial charge in [0, 0.05) is 10.0 Å². The summed E-state index contributed by atoms with van der Waals surface area (Å²) in [5.41, 5.74) is 1.65. The largest absolute Gasteiger partial charge is 0.488 e. The lowest BCUT2D eigenvalue weighted by molar-refractivity contribution is 0.0686. The first kappa shape index (κ1) is 19.1. The van der Waals surface area contributed by atoms with Crippen LogP contribution in [0.25, 0.3) is 0 Å². The topological polar surface area (TPSA) is 55.8 Å². The Morgan fingerprint density at radius 2 is 1.22 bits per heavy atom. The van der Waals surface area contributed by atoms with E-state index in [1.807, 2.05) is 24.3 Å². The number of benzene rings is 3. The lowest BCUT2D eigenvalue weighted by Gasteiger charge is -2.14. The van der Waals surface area contributed by atoms with Crippen molar-refractivity contribution in [1.82, 2.24) is 0 Å². The highest BCUT2D eigenvalue weighted by Crippen LogP contribution is 2.30. The molecule has 0 amide bonds. The second-order valence-electron chi connectivity index (χ2n) is 5.77. The van der Waals surface area contributed by atoms with E-state index in [-0.39, 0.29) is 30.3 Å². The number of aromatic carboxylic acids is 1. The summed E-state index contributed by atoms with van der Waals surface area (Å²) in [6, 6.07) is 19.3. The van der Waals surface area contributed by atoms with Crippen LogP contribution in [-0.4, -0.2) is 11.1 Å². The normalized spacial score (nSPS) is 10.4. The third-order valence-corrected chi connectivity index (χ3v) is 4.24. The van der Waals surface area contributed by atoms with Gasteiger partial charge in [-0.3, -0.25) is 0 Å². The summed E-state index contributed by atoms with van der Waals surface area (Å²) in [4.78, 5) is 11.8. The van der Waals surface area contributed by atoms with Gasteiger partial charge in [-0.15, -0.1) is 0 Å². The average molecular weight is 403 g/mol. The standard InChI is InChI=1S/C21H16Cl2O4/c22-16-6-1-4-14(10-16)12-26-18-8-3-9-19(20(18)21(24)25)27-13-15-5-2-7-17(23)11-15/h1-11H,12-13H2,(H,24,25). The molecule has 0 aromatic heterocycles. The maximum Gasteiger partial charge on any atom is 0.343 e. The molecule has 3 aromatic rings. The molecule has 4 nitrogen and oxygen atoms in total. The zero-order chi connectivity index (χ0) is 19.2. The quantitative estimate of drug-likeness (QED) is 0.538. The van der Waals surface area contributed by atoms with E-state index in [4.69, 9.17) is 32.7 Å². The summed E-state index contributed by atoms with van der Waals surface area (Å²) in [6.45, 7) is 0.386. The van der Waals surface area contributed by atoms with Crippen molar-refractivity contribution < 1.29 is 19.4 Å². The minimum Gasteiger partial charge on any atom is -0.488 e. The van der Waals surface area contributed by atoms with Crippen LogP contribution in [0.4, 0.5) is 0 Å². The third-order valence-electron chi connectivity index (χ3n) is 3.77. The van der Waals surface area contributed by atoms with Crippen LogP contribution in [0, 0.1) is 0 Å². The number of carbonyl (C=O) groups is 1. The fourth-order valence-electron chi connectivity index (χ4n) is 2.54. The predicted molar refractivity (Wildman–Crippen MR) is 105 cm³/mol. The summed E-state index contributed by atoms with van der Waals surface area (Å²) in [5, 5.41) is 10.8. The van der Waals surface area contributed by atoms with E-state index >= 15 is 0 Å². The van der Waals surface area contributed by atoms with Crippen LogP contribution in [0.1, 0.15) is 21.5 Å². The Morgan fingerprint density at radius 1 is 0.778 bits per heavy atom. The SMILES string of the molecule is O=C(O)c1c(OCc2cccc(Cl)c2)cccc1OCc1cccc(Cl)c1. The average Bonchev–Trinajstić information content (AvgIpc) is 2.64. The Morgan fingerprint density at radius 3 is 1.63 bits per heavy atom. The van der Waals surface area contributed by atoms with Gasteiger partial charge in [0.1, 0.15) is 30.3 Å². The summed E-state index contributed by atoms with van der Waals surface area (Å²) >= 11 is 11.9. The molecule has 0 fully saturated rings. The van der Waals surface area contributed by atoms with Crippen molar-refractivity contribution in [3.63, 3.8) is 0 Å². The zero-order valence-corrected chi connectivity index (χ0v) is 15.7. The van der Waals surface area contributed by atoms with Crippen LogP contribution >= 0.6 is 23.2 Å². The monoisotopic (exact) mass is 402 g/mol. The van der Waals surface area contributed by atoms with Crippen LogP contribution in [0.5, 0.6) is 11.5 Å².